The first-order valence-electron chi connectivity index (χ1n) is 7.37. The minimum atomic E-state index is -3.47. The molecule has 0 radical (unpaired) electrons. The van der Waals surface area contributed by atoms with Gasteiger partial charge in [0.2, 0.25) is 0 Å². The average Bonchev–Trinajstić information content (AvgIpc) is 3.13. The van der Waals surface area contributed by atoms with E-state index in [4.69, 9.17) is 11.6 Å². The summed E-state index contributed by atoms with van der Waals surface area (Å²) in [5, 5.41) is 0.602. The van der Waals surface area contributed by atoms with Crippen LogP contribution in [-0.4, -0.2) is 33.7 Å². The Kier molecular flexibility index (Phi) is 4.42. The van der Waals surface area contributed by atoms with E-state index in [2.05, 4.69) is 5.10 Å². The number of likely N-dealkylation sites (tertiary alicyclic amines) is 1. The van der Waals surface area contributed by atoms with E-state index in [1.54, 1.807) is 12.1 Å². The number of carbonyl (C=O) groups is 1. The van der Waals surface area contributed by atoms with Crippen molar-refractivity contribution in [3.63, 3.8) is 0 Å². The van der Waals surface area contributed by atoms with Crippen molar-refractivity contribution < 1.29 is 13.6 Å². The van der Waals surface area contributed by atoms with Crippen molar-refractivity contribution in [2.75, 3.05) is 13.1 Å². The fourth-order valence-electron chi connectivity index (χ4n) is 2.70. The maximum Gasteiger partial charge on any atom is 0.364 e. The Morgan fingerprint density at radius 3 is 2.61 bits per heavy atom. The second-order valence-corrected chi connectivity index (χ2v) is 7.11. The van der Waals surface area contributed by atoms with Crippen LogP contribution < -0.4 is 0 Å². The third-order valence-corrected chi connectivity index (χ3v) is 5.17. The number of aryl methyl sites for hydroxylation is 1. The van der Waals surface area contributed by atoms with Crippen LogP contribution in [0.3, 0.4) is 0 Å². The molecule has 0 unspecified atom stereocenters. The Bertz CT molecular complexity index is 717. The molecule has 0 saturated carbocycles. The minimum Gasteiger partial charge on any atom is -0.338 e. The van der Waals surface area contributed by atoms with Crippen LogP contribution in [0, 0.1) is 0 Å². The lowest BCUT2D eigenvalue weighted by molar-refractivity contribution is 0.0729. The number of carbonyl (C=O) groups excluding carboxylic acids is 1. The molecule has 2 aromatic heterocycles. The van der Waals surface area contributed by atoms with Crippen LogP contribution >= 0.6 is 22.9 Å². The molecular formula is C15H16ClF2N3OS. The molecule has 0 spiro atoms. The number of hydrogen-bond acceptors (Lipinski definition) is 3. The Labute approximate surface area is 141 Å². The van der Waals surface area contributed by atoms with Gasteiger partial charge in [-0.3, -0.25) is 9.48 Å². The number of hydrogen-bond donors (Lipinski definition) is 0. The van der Waals surface area contributed by atoms with Gasteiger partial charge in [-0.1, -0.05) is 0 Å². The van der Waals surface area contributed by atoms with Gasteiger partial charge in [-0.05, 0) is 49.1 Å². The summed E-state index contributed by atoms with van der Waals surface area (Å²) >= 11 is 6.34. The SMILES string of the molecule is Cn1nc(-c2ccc(C(=O)N3CCCCC3)s2)cc1C(F)(F)Cl. The normalized spacial score (nSPS) is 15.9. The standard InChI is InChI=1S/C15H16ClF2N3OS/c1-20-13(15(16,17)18)9-10(19-20)11-5-6-12(23-11)14(22)21-7-3-2-4-8-21/h5-6,9H,2-4,7-8H2,1H3. The third-order valence-electron chi connectivity index (χ3n) is 3.88. The highest BCUT2D eigenvalue weighted by Crippen LogP contribution is 2.36. The summed E-state index contributed by atoms with van der Waals surface area (Å²) in [6.07, 6.45) is 3.21. The smallest absolute Gasteiger partial charge is 0.338 e. The van der Waals surface area contributed by atoms with Gasteiger partial charge in [0.15, 0.2) is 0 Å². The van der Waals surface area contributed by atoms with E-state index in [0.717, 1.165) is 37.0 Å². The van der Waals surface area contributed by atoms with E-state index in [1.165, 1.54) is 24.5 Å². The summed E-state index contributed by atoms with van der Waals surface area (Å²) in [5.74, 6) is -0.000206. The van der Waals surface area contributed by atoms with Crippen LogP contribution in [0.25, 0.3) is 10.6 Å². The van der Waals surface area contributed by atoms with E-state index in [-0.39, 0.29) is 11.6 Å². The molecule has 2 aromatic rings. The van der Waals surface area contributed by atoms with Gasteiger partial charge in [-0.25, -0.2) is 0 Å². The van der Waals surface area contributed by atoms with Crippen molar-refractivity contribution in [2.24, 2.45) is 7.05 Å². The fourth-order valence-corrected chi connectivity index (χ4v) is 3.80. The molecule has 0 aliphatic carbocycles. The first kappa shape index (κ1) is 16.4. The van der Waals surface area contributed by atoms with Gasteiger partial charge >= 0.3 is 5.38 Å². The van der Waals surface area contributed by atoms with Crippen molar-refractivity contribution >= 4 is 28.8 Å². The Hall–Kier alpha value is -1.47. The van der Waals surface area contributed by atoms with Crippen LogP contribution in [0.2, 0.25) is 0 Å². The van der Waals surface area contributed by atoms with Crippen LogP contribution in [0.1, 0.15) is 34.6 Å². The van der Waals surface area contributed by atoms with Gasteiger partial charge in [-0.2, -0.15) is 13.9 Å². The lowest BCUT2D eigenvalue weighted by atomic mass is 10.1. The molecule has 0 bridgehead atoms. The number of nitrogens with zero attached hydrogens (tertiary/aromatic N) is 3. The van der Waals surface area contributed by atoms with Gasteiger partial charge in [-0.15, -0.1) is 11.3 Å². The number of aromatic nitrogens is 2. The van der Waals surface area contributed by atoms with Gasteiger partial charge in [0.25, 0.3) is 5.91 Å². The summed E-state index contributed by atoms with van der Waals surface area (Å²) in [7, 11) is 1.42. The maximum atomic E-state index is 13.3. The molecule has 1 saturated heterocycles. The molecule has 0 N–H and O–H groups in total. The second kappa shape index (κ2) is 6.20. The molecule has 4 nitrogen and oxygen atoms in total. The molecule has 1 aliphatic heterocycles. The molecule has 1 aliphatic rings. The molecule has 1 amide bonds. The Morgan fingerprint density at radius 1 is 1.30 bits per heavy atom. The zero-order valence-electron chi connectivity index (χ0n) is 12.6. The summed E-state index contributed by atoms with van der Waals surface area (Å²) in [5.41, 5.74) is 0.0250. The number of halogens is 3. The Morgan fingerprint density at radius 2 is 2.00 bits per heavy atom. The van der Waals surface area contributed by atoms with Crippen molar-refractivity contribution in [2.45, 2.75) is 24.6 Å². The lowest BCUT2D eigenvalue weighted by Crippen LogP contribution is -2.35. The number of thiophene rings is 1. The fraction of sp³-hybridized carbons (Fsp3) is 0.467. The van der Waals surface area contributed by atoms with Crippen LogP contribution in [0.5, 0.6) is 0 Å². The van der Waals surface area contributed by atoms with Gasteiger partial charge in [0.05, 0.1) is 9.75 Å². The monoisotopic (exact) mass is 359 g/mol. The molecular weight excluding hydrogens is 344 g/mol. The average molecular weight is 360 g/mol. The number of amides is 1. The maximum absolute atomic E-state index is 13.3. The molecule has 1 fully saturated rings. The van der Waals surface area contributed by atoms with Crippen molar-refractivity contribution in [1.29, 1.82) is 0 Å². The van der Waals surface area contributed by atoms with Crippen LogP contribution in [0.15, 0.2) is 18.2 Å². The molecule has 23 heavy (non-hydrogen) atoms. The van der Waals surface area contributed by atoms with E-state index >= 15 is 0 Å². The van der Waals surface area contributed by atoms with Crippen molar-refractivity contribution in [3.05, 3.63) is 28.8 Å². The predicted octanol–water partition coefficient (Wildman–Crippen LogP) is 4.06. The number of rotatable bonds is 3. The van der Waals surface area contributed by atoms with Crippen LogP contribution in [0.4, 0.5) is 8.78 Å². The van der Waals surface area contributed by atoms with Gasteiger partial charge < -0.3 is 4.90 Å². The highest BCUT2D eigenvalue weighted by atomic mass is 35.5. The molecule has 0 aromatic carbocycles. The van der Waals surface area contributed by atoms with E-state index < -0.39 is 5.38 Å². The minimum absolute atomic E-state index is 0.000206. The van der Waals surface area contributed by atoms with Crippen molar-refractivity contribution in [1.82, 2.24) is 14.7 Å². The van der Waals surface area contributed by atoms with Crippen molar-refractivity contribution in [3.8, 4) is 10.6 Å². The highest BCUT2D eigenvalue weighted by Gasteiger charge is 2.32. The summed E-state index contributed by atoms with van der Waals surface area (Å²) in [4.78, 5) is 15.6. The molecule has 3 rings (SSSR count). The predicted molar refractivity (Wildman–Crippen MR) is 86.0 cm³/mol. The first-order chi connectivity index (χ1) is 10.9. The number of alkyl halides is 3. The molecule has 124 valence electrons. The second-order valence-electron chi connectivity index (χ2n) is 5.55. The van der Waals surface area contributed by atoms with Gasteiger partial charge in [0, 0.05) is 20.1 Å². The number of piperidine rings is 1. The summed E-state index contributed by atoms with van der Waals surface area (Å²) in [6, 6.07) is 4.72. The molecule has 0 atom stereocenters. The van der Waals surface area contributed by atoms with E-state index in [0.29, 0.717) is 15.4 Å². The summed E-state index contributed by atoms with van der Waals surface area (Å²) in [6.45, 7) is 1.55. The highest BCUT2D eigenvalue weighted by molar-refractivity contribution is 7.17. The first-order valence-corrected chi connectivity index (χ1v) is 8.56. The largest absolute Gasteiger partial charge is 0.364 e. The Balaban J connectivity index is 1.83. The zero-order chi connectivity index (χ0) is 16.6. The zero-order valence-corrected chi connectivity index (χ0v) is 14.1. The van der Waals surface area contributed by atoms with Gasteiger partial charge in [0.1, 0.15) is 11.4 Å². The van der Waals surface area contributed by atoms with Crippen LogP contribution in [-0.2, 0) is 12.4 Å². The third kappa shape index (κ3) is 3.40. The summed E-state index contributed by atoms with van der Waals surface area (Å²) < 4.78 is 27.6. The molecule has 8 heteroatoms. The topological polar surface area (TPSA) is 38.1 Å². The molecule has 3 heterocycles. The van der Waals surface area contributed by atoms with E-state index in [1.807, 2.05) is 4.90 Å². The quantitative estimate of drug-likeness (QED) is 0.775. The van der Waals surface area contributed by atoms with E-state index in [9.17, 15) is 13.6 Å². The lowest BCUT2D eigenvalue weighted by Gasteiger charge is -2.26.